The quantitative estimate of drug-likeness (QED) is 0.924. The SMILES string of the molecule is CC(Cn1ccnc1)Nc1nc(Cl)c(C#N)s1. The van der Waals surface area contributed by atoms with Gasteiger partial charge in [-0.15, -0.1) is 0 Å². The number of nitriles is 1. The van der Waals surface area contributed by atoms with Gasteiger partial charge in [0.25, 0.3) is 0 Å². The highest BCUT2D eigenvalue weighted by Crippen LogP contribution is 2.26. The first-order valence-corrected chi connectivity index (χ1v) is 6.17. The normalized spacial score (nSPS) is 12.1. The molecule has 2 heterocycles. The summed E-state index contributed by atoms with van der Waals surface area (Å²) < 4.78 is 1.97. The molecule has 0 aliphatic carbocycles. The summed E-state index contributed by atoms with van der Waals surface area (Å²) in [5.74, 6) is 0. The van der Waals surface area contributed by atoms with E-state index in [1.54, 1.807) is 12.5 Å². The molecule has 2 rings (SSSR count). The number of halogens is 1. The van der Waals surface area contributed by atoms with Gasteiger partial charge in [-0.1, -0.05) is 22.9 Å². The molecule has 1 N–H and O–H groups in total. The van der Waals surface area contributed by atoms with Gasteiger partial charge in [0.15, 0.2) is 10.3 Å². The van der Waals surface area contributed by atoms with Crippen LogP contribution in [0.5, 0.6) is 0 Å². The molecule has 0 saturated carbocycles. The number of nitrogens with zero attached hydrogens (tertiary/aromatic N) is 4. The molecule has 1 atom stereocenters. The largest absolute Gasteiger partial charge is 0.357 e. The van der Waals surface area contributed by atoms with Crippen LogP contribution in [-0.4, -0.2) is 20.6 Å². The molecule has 0 amide bonds. The number of imidazole rings is 1. The maximum atomic E-state index is 8.77. The van der Waals surface area contributed by atoms with Crippen LogP contribution in [0.25, 0.3) is 0 Å². The molecule has 2 aromatic heterocycles. The highest BCUT2D eigenvalue weighted by molar-refractivity contribution is 7.16. The van der Waals surface area contributed by atoms with Crippen LogP contribution in [0.2, 0.25) is 5.15 Å². The standard InChI is InChI=1S/C10H10ClN5S/c1-7(5-16-3-2-13-6-16)14-10-15-9(11)8(4-12)17-10/h2-3,6-7H,5H2,1H3,(H,14,15). The van der Waals surface area contributed by atoms with Crippen molar-refractivity contribution in [2.45, 2.75) is 19.5 Å². The van der Waals surface area contributed by atoms with Crippen molar-refractivity contribution in [1.29, 1.82) is 5.26 Å². The van der Waals surface area contributed by atoms with Crippen molar-refractivity contribution in [1.82, 2.24) is 14.5 Å². The van der Waals surface area contributed by atoms with Crippen molar-refractivity contribution < 1.29 is 0 Å². The van der Waals surface area contributed by atoms with E-state index in [9.17, 15) is 0 Å². The average molecular weight is 268 g/mol. The zero-order chi connectivity index (χ0) is 12.3. The molecule has 0 radical (unpaired) electrons. The van der Waals surface area contributed by atoms with Crippen molar-refractivity contribution >= 4 is 28.1 Å². The molecule has 0 aliphatic heterocycles. The van der Waals surface area contributed by atoms with Crippen LogP contribution in [0.15, 0.2) is 18.7 Å². The second-order valence-electron chi connectivity index (χ2n) is 3.56. The van der Waals surface area contributed by atoms with Gasteiger partial charge in [0, 0.05) is 25.0 Å². The molecule has 0 aliphatic rings. The highest BCUT2D eigenvalue weighted by Gasteiger charge is 2.10. The van der Waals surface area contributed by atoms with Gasteiger partial charge in [-0.3, -0.25) is 0 Å². The fourth-order valence-corrected chi connectivity index (χ4v) is 2.46. The Balaban J connectivity index is 1.98. The van der Waals surface area contributed by atoms with E-state index in [1.165, 1.54) is 11.3 Å². The van der Waals surface area contributed by atoms with Crippen LogP contribution in [0.1, 0.15) is 11.8 Å². The summed E-state index contributed by atoms with van der Waals surface area (Å²) >= 11 is 7.05. The molecule has 5 nitrogen and oxygen atoms in total. The fraction of sp³-hybridized carbons (Fsp3) is 0.300. The molecule has 0 aromatic carbocycles. The Morgan fingerprint density at radius 2 is 2.53 bits per heavy atom. The van der Waals surface area contributed by atoms with Crippen LogP contribution < -0.4 is 5.32 Å². The van der Waals surface area contributed by atoms with Gasteiger partial charge >= 0.3 is 0 Å². The molecular formula is C10H10ClN5S. The molecule has 17 heavy (non-hydrogen) atoms. The van der Waals surface area contributed by atoms with Crippen LogP contribution in [0.3, 0.4) is 0 Å². The summed E-state index contributed by atoms with van der Waals surface area (Å²) in [6, 6.07) is 2.18. The van der Waals surface area contributed by atoms with Gasteiger partial charge < -0.3 is 9.88 Å². The lowest BCUT2D eigenvalue weighted by atomic mass is 10.3. The lowest BCUT2D eigenvalue weighted by Crippen LogP contribution is -2.21. The van der Waals surface area contributed by atoms with E-state index >= 15 is 0 Å². The first-order valence-electron chi connectivity index (χ1n) is 4.97. The molecule has 1 unspecified atom stereocenters. The maximum Gasteiger partial charge on any atom is 0.185 e. The Hall–Kier alpha value is -1.58. The third-order valence-electron chi connectivity index (χ3n) is 2.10. The van der Waals surface area contributed by atoms with Gasteiger partial charge in [0.2, 0.25) is 0 Å². The van der Waals surface area contributed by atoms with Crippen LogP contribution >= 0.6 is 22.9 Å². The van der Waals surface area contributed by atoms with Gasteiger partial charge in [-0.2, -0.15) is 5.26 Å². The zero-order valence-corrected chi connectivity index (χ0v) is 10.7. The van der Waals surface area contributed by atoms with Crippen molar-refractivity contribution in [2.24, 2.45) is 0 Å². The van der Waals surface area contributed by atoms with E-state index in [2.05, 4.69) is 15.3 Å². The summed E-state index contributed by atoms with van der Waals surface area (Å²) in [6.45, 7) is 2.81. The Bertz CT molecular complexity index is 527. The van der Waals surface area contributed by atoms with Crippen molar-refractivity contribution in [3.63, 3.8) is 0 Å². The highest BCUT2D eigenvalue weighted by atomic mass is 35.5. The number of hydrogen-bond acceptors (Lipinski definition) is 5. The minimum atomic E-state index is 0.179. The average Bonchev–Trinajstić information content (AvgIpc) is 2.88. The third-order valence-corrected chi connectivity index (χ3v) is 3.38. The summed E-state index contributed by atoms with van der Waals surface area (Å²) in [4.78, 5) is 8.48. The van der Waals surface area contributed by atoms with Crippen LogP contribution in [0, 0.1) is 11.3 Å². The summed E-state index contributed by atoms with van der Waals surface area (Å²) in [5, 5.41) is 12.9. The van der Waals surface area contributed by atoms with Gasteiger partial charge in [0.05, 0.1) is 6.33 Å². The first-order chi connectivity index (χ1) is 8.19. The number of rotatable bonds is 4. The maximum absolute atomic E-state index is 8.77. The smallest absolute Gasteiger partial charge is 0.185 e. The molecule has 2 aromatic rings. The summed E-state index contributed by atoms with van der Waals surface area (Å²) in [7, 11) is 0. The minimum absolute atomic E-state index is 0.179. The lowest BCUT2D eigenvalue weighted by molar-refractivity contribution is 0.618. The number of thiazole rings is 1. The molecule has 0 spiro atoms. The van der Waals surface area contributed by atoms with E-state index in [4.69, 9.17) is 16.9 Å². The van der Waals surface area contributed by atoms with E-state index in [1.807, 2.05) is 23.8 Å². The molecule has 88 valence electrons. The molecule has 0 fully saturated rings. The number of nitrogens with one attached hydrogen (secondary N) is 1. The van der Waals surface area contributed by atoms with E-state index in [0.29, 0.717) is 10.0 Å². The number of hydrogen-bond donors (Lipinski definition) is 1. The van der Waals surface area contributed by atoms with Crippen molar-refractivity contribution in [3.8, 4) is 6.07 Å². The number of anilines is 1. The Labute approximate surface area is 108 Å². The lowest BCUT2D eigenvalue weighted by Gasteiger charge is -2.12. The van der Waals surface area contributed by atoms with Gasteiger partial charge in [-0.05, 0) is 6.92 Å². The predicted octanol–water partition coefficient (Wildman–Crippen LogP) is 2.37. The Kier molecular flexibility index (Phi) is 3.61. The fourth-order valence-electron chi connectivity index (χ4n) is 1.40. The third kappa shape index (κ3) is 2.96. The minimum Gasteiger partial charge on any atom is -0.357 e. The van der Waals surface area contributed by atoms with Crippen molar-refractivity contribution in [3.05, 3.63) is 28.8 Å². The van der Waals surface area contributed by atoms with Crippen molar-refractivity contribution in [2.75, 3.05) is 5.32 Å². The molecule has 7 heteroatoms. The van der Waals surface area contributed by atoms with Gasteiger partial charge in [-0.25, -0.2) is 9.97 Å². The molecule has 0 saturated heterocycles. The second-order valence-corrected chi connectivity index (χ2v) is 4.91. The van der Waals surface area contributed by atoms with Gasteiger partial charge in [0.1, 0.15) is 10.9 Å². The van der Waals surface area contributed by atoms with Crippen LogP contribution in [-0.2, 0) is 6.54 Å². The van der Waals surface area contributed by atoms with Crippen LogP contribution in [0.4, 0.5) is 5.13 Å². The monoisotopic (exact) mass is 267 g/mol. The Morgan fingerprint density at radius 3 is 3.12 bits per heavy atom. The predicted molar refractivity (Wildman–Crippen MR) is 67.2 cm³/mol. The molecule has 0 bridgehead atoms. The van der Waals surface area contributed by atoms with E-state index in [0.717, 1.165) is 6.54 Å². The van der Waals surface area contributed by atoms with E-state index in [-0.39, 0.29) is 11.2 Å². The zero-order valence-electron chi connectivity index (χ0n) is 9.09. The Morgan fingerprint density at radius 1 is 1.71 bits per heavy atom. The molecular weight excluding hydrogens is 258 g/mol. The number of aromatic nitrogens is 3. The topological polar surface area (TPSA) is 66.5 Å². The second kappa shape index (κ2) is 5.17. The first kappa shape index (κ1) is 11.9. The summed E-state index contributed by atoms with van der Waals surface area (Å²) in [5.41, 5.74) is 0. The van der Waals surface area contributed by atoms with E-state index < -0.39 is 0 Å². The summed E-state index contributed by atoms with van der Waals surface area (Å²) in [6.07, 6.45) is 5.39.